The molecular formula is C27H28N2O4. The molecule has 3 aromatic rings. The molecule has 1 aliphatic rings. The number of para-hydroxylation sites is 1. The van der Waals surface area contributed by atoms with Crippen molar-refractivity contribution in [2.75, 3.05) is 25.8 Å². The lowest BCUT2D eigenvalue weighted by Gasteiger charge is -2.32. The van der Waals surface area contributed by atoms with Gasteiger partial charge in [0.1, 0.15) is 18.1 Å². The van der Waals surface area contributed by atoms with E-state index >= 15 is 0 Å². The monoisotopic (exact) mass is 444 g/mol. The summed E-state index contributed by atoms with van der Waals surface area (Å²) < 4.78 is 16.4. The van der Waals surface area contributed by atoms with Gasteiger partial charge in [-0.25, -0.2) is 4.79 Å². The molecule has 0 N–H and O–H groups in total. The maximum Gasteiger partial charge on any atom is 0.338 e. The highest BCUT2D eigenvalue weighted by atomic mass is 16.5. The average Bonchev–Trinajstić information content (AvgIpc) is 3.13. The molecule has 1 unspecified atom stereocenters. The average molecular weight is 445 g/mol. The Kier molecular flexibility index (Phi) is 6.36. The number of methoxy groups -OCH3 is 2. The molecule has 0 saturated carbocycles. The highest BCUT2D eigenvalue weighted by molar-refractivity contribution is 6.07. The zero-order valence-electron chi connectivity index (χ0n) is 19.3. The zero-order valence-corrected chi connectivity index (χ0v) is 19.3. The molecule has 4 rings (SSSR count). The van der Waals surface area contributed by atoms with Crippen LogP contribution in [0, 0.1) is 5.41 Å². The summed E-state index contributed by atoms with van der Waals surface area (Å²) in [4.78, 5) is 13.0. The summed E-state index contributed by atoms with van der Waals surface area (Å²) in [6.45, 7) is 4.43. The molecule has 3 aromatic carbocycles. The molecule has 0 aromatic heterocycles. The van der Waals surface area contributed by atoms with E-state index in [1.807, 2.05) is 53.5 Å². The fraction of sp³-hybridized carbons (Fsp3) is 0.259. The number of hydrogen-bond acceptors (Lipinski definition) is 6. The molecule has 0 radical (unpaired) electrons. The lowest BCUT2D eigenvalue weighted by Crippen LogP contribution is -2.44. The number of hydrogen-bond donors (Lipinski definition) is 0. The lowest BCUT2D eigenvalue weighted by atomic mass is 9.78. The van der Waals surface area contributed by atoms with Crippen LogP contribution >= 0.6 is 0 Å². The molecule has 6 nitrogen and oxygen atoms in total. The van der Waals surface area contributed by atoms with Crippen molar-refractivity contribution in [3.8, 4) is 11.5 Å². The van der Waals surface area contributed by atoms with Gasteiger partial charge in [-0.05, 0) is 29.8 Å². The fourth-order valence-corrected chi connectivity index (χ4v) is 4.06. The summed E-state index contributed by atoms with van der Waals surface area (Å²) in [6, 6.07) is 24.9. The van der Waals surface area contributed by atoms with Crippen LogP contribution in [-0.4, -0.2) is 38.5 Å². The van der Waals surface area contributed by atoms with Crippen LogP contribution in [0.5, 0.6) is 11.5 Å². The maximum absolute atomic E-state index is 13.0. The summed E-state index contributed by atoms with van der Waals surface area (Å²) in [5, 5.41) is 6.95. The van der Waals surface area contributed by atoms with E-state index in [2.05, 4.69) is 26.0 Å². The predicted octanol–water partition coefficient (Wildman–Crippen LogP) is 5.18. The zero-order chi connectivity index (χ0) is 23.4. The molecule has 0 amide bonds. The van der Waals surface area contributed by atoms with Crippen LogP contribution in [0.2, 0.25) is 0 Å². The highest BCUT2D eigenvalue weighted by Gasteiger charge is 2.46. The Morgan fingerprint density at radius 1 is 0.909 bits per heavy atom. The summed E-state index contributed by atoms with van der Waals surface area (Å²) in [5.41, 5.74) is 2.95. The number of carbonyl (C=O) groups excluding carboxylic acids is 1. The van der Waals surface area contributed by atoms with Crippen molar-refractivity contribution in [2.24, 2.45) is 10.5 Å². The van der Waals surface area contributed by atoms with Crippen LogP contribution in [0.3, 0.4) is 0 Å². The highest BCUT2D eigenvalue weighted by Crippen LogP contribution is 2.39. The van der Waals surface area contributed by atoms with E-state index in [4.69, 9.17) is 19.3 Å². The Morgan fingerprint density at radius 3 is 2.06 bits per heavy atom. The van der Waals surface area contributed by atoms with Gasteiger partial charge in [0.15, 0.2) is 0 Å². The van der Waals surface area contributed by atoms with Gasteiger partial charge in [-0.1, -0.05) is 62.4 Å². The molecular weight excluding hydrogens is 416 g/mol. The first-order valence-electron chi connectivity index (χ1n) is 10.8. The summed E-state index contributed by atoms with van der Waals surface area (Å²) in [7, 11) is 3.09. The van der Waals surface area contributed by atoms with Gasteiger partial charge in [-0.15, -0.1) is 0 Å². The lowest BCUT2D eigenvalue weighted by molar-refractivity contribution is 0.0449. The smallest absolute Gasteiger partial charge is 0.338 e. The van der Waals surface area contributed by atoms with Gasteiger partial charge in [0.05, 0.1) is 37.2 Å². The van der Waals surface area contributed by atoms with Crippen molar-refractivity contribution in [2.45, 2.75) is 19.9 Å². The number of nitrogens with zero attached hydrogens (tertiary/aromatic N) is 2. The van der Waals surface area contributed by atoms with E-state index in [0.29, 0.717) is 17.1 Å². The van der Waals surface area contributed by atoms with Crippen LogP contribution in [-0.2, 0) is 4.74 Å². The van der Waals surface area contributed by atoms with E-state index in [0.717, 1.165) is 17.0 Å². The number of rotatable bonds is 7. The van der Waals surface area contributed by atoms with Crippen LogP contribution in [0.15, 0.2) is 84.0 Å². The second kappa shape index (κ2) is 9.36. The van der Waals surface area contributed by atoms with Crippen LogP contribution in [0.1, 0.15) is 29.8 Å². The van der Waals surface area contributed by atoms with Gasteiger partial charge in [-0.3, -0.25) is 5.01 Å². The van der Waals surface area contributed by atoms with Crippen LogP contribution in [0.4, 0.5) is 5.69 Å². The predicted molar refractivity (Wildman–Crippen MR) is 129 cm³/mol. The normalized spacial score (nSPS) is 16.8. The third-order valence-corrected chi connectivity index (χ3v) is 5.97. The SMILES string of the molecule is COc1cc(OC)cc(C(=O)OCC2N(c3ccccc3)N=C(c3ccccc3)C2(C)C)c1. The number of esters is 1. The first-order valence-corrected chi connectivity index (χ1v) is 10.8. The minimum Gasteiger partial charge on any atom is -0.497 e. The molecule has 0 aliphatic carbocycles. The minimum absolute atomic E-state index is 0.167. The number of hydrazone groups is 1. The van der Waals surface area contributed by atoms with Gasteiger partial charge in [0.2, 0.25) is 0 Å². The van der Waals surface area contributed by atoms with E-state index in [1.54, 1.807) is 32.4 Å². The van der Waals surface area contributed by atoms with E-state index in [-0.39, 0.29) is 18.1 Å². The molecule has 1 atom stereocenters. The number of ether oxygens (including phenoxy) is 3. The number of anilines is 1. The third-order valence-electron chi connectivity index (χ3n) is 5.97. The van der Waals surface area contributed by atoms with Crippen molar-refractivity contribution in [1.82, 2.24) is 0 Å². The van der Waals surface area contributed by atoms with Crippen LogP contribution < -0.4 is 14.5 Å². The molecule has 6 heteroatoms. The number of benzene rings is 3. The van der Waals surface area contributed by atoms with E-state index in [9.17, 15) is 4.79 Å². The Hall–Kier alpha value is -3.80. The van der Waals surface area contributed by atoms with Gasteiger partial charge < -0.3 is 14.2 Å². The van der Waals surface area contributed by atoms with Crippen molar-refractivity contribution < 1.29 is 19.0 Å². The molecule has 33 heavy (non-hydrogen) atoms. The second-order valence-electron chi connectivity index (χ2n) is 8.43. The van der Waals surface area contributed by atoms with Gasteiger partial charge in [0, 0.05) is 11.5 Å². The van der Waals surface area contributed by atoms with E-state index < -0.39 is 5.97 Å². The molecule has 0 spiro atoms. The maximum atomic E-state index is 13.0. The molecule has 1 heterocycles. The third kappa shape index (κ3) is 4.55. The van der Waals surface area contributed by atoms with Crippen molar-refractivity contribution in [3.05, 3.63) is 90.0 Å². The summed E-state index contributed by atoms with van der Waals surface area (Å²) in [5.74, 6) is 0.621. The number of carbonyl (C=O) groups is 1. The second-order valence-corrected chi connectivity index (χ2v) is 8.43. The summed E-state index contributed by atoms with van der Waals surface area (Å²) >= 11 is 0. The van der Waals surface area contributed by atoms with Crippen molar-refractivity contribution >= 4 is 17.4 Å². The first-order chi connectivity index (χ1) is 15.9. The van der Waals surface area contributed by atoms with Crippen LogP contribution in [0.25, 0.3) is 0 Å². The first kappa shape index (κ1) is 22.4. The minimum atomic E-state index is -0.441. The molecule has 0 fully saturated rings. The molecule has 0 saturated heterocycles. The van der Waals surface area contributed by atoms with E-state index in [1.165, 1.54) is 0 Å². The quantitative estimate of drug-likeness (QED) is 0.470. The van der Waals surface area contributed by atoms with Crippen molar-refractivity contribution in [1.29, 1.82) is 0 Å². The standard InChI is InChI=1S/C27H28N2O4/c1-27(2)24(18-33-26(30)20-15-22(31-3)17-23(16-20)32-4)29(21-13-9-6-10-14-21)28-25(27)19-11-7-5-8-12-19/h5-17,24H,18H2,1-4H3. The molecule has 170 valence electrons. The largest absolute Gasteiger partial charge is 0.497 e. The molecule has 0 bridgehead atoms. The van der Waals surface area contributed by atoms with Gasteiger partial charge >= 0.3 is 5.97 Å². The van der Waals surface area contributed by atoms with Gasteiger partial charge in [0.25, 0.3) is 0 Å². The Bertz CT molecular complexity index is 1120. The summed E-state index contributed by atoms with van der Waals surface area (Å²) in [6.07, 6.45) is 0. The fourth-order valence-electron chi connectivity index (χ4n) is 4.06. The Balaban J connectivity index is 1.62. The Morgan fingerprint density at radius 2 is 1.48 bits per heavy atom. The molecule has 1 aliphatic heterocycles. The van der Waals surface area contributed by atoms with Gasteiger partial charge in [-0.2, -0.15) is 5.10 Å². The Labute approximate surface area is 194 Å². The topological polar surface area (TPSA) is 60.4 Å². The van der Waals surface area contributed by atoms with Crippen molar-refractivity contribution in [3.63, 3.8) is 0 Å².